The quantitative estimate of drug-likeness (QED) is 0.471. The van der Waals surface area contributed by atoms with E-state index in [9.17, 15) is 14.4 Å². The molecular formula is C27H32N4O5S. The van der Waals surface area contributed by atoms with Gasteiger partial charge in [-0.1, -0.05) is 12.1 Å². The minimum atomic E-state index is -0.474. The van der Waals surface area contributed by atoms with Crippen LogP contribution in [0.5, 0.6) is 17.5 Å². The van der Waals surface area contributed by atoms with E-state index >= 15 is 0 Å². The van der Waals surface area contributed by atoms with Crippen LogP contribution in [-0.4, -0.2) is 68.0 Å². The molecule has 3 heterocycles. The summed E-state index contributed by atoms with van der Waals surface area (Å²) in [6.07, 6.45) is 4.98. The first-order valence-corrected chi connectivity index (χ1v) is 13.1. The normalized spacial score (nSPS) is 18.5. The number of piperidine rings is 1. The van der Waals surface area contributed by atoms with Gasteiger partial charge in [-0.2, -0.15) is 0 Å². The minimum Gasteiger partial charge on any atom is -0.474 e. The van der Waals surface area contributed by atoms with E-state index in [2.05, 4.69) is 35.6 Å². The third kappa shape index (κ3) is 6.56. The van der Waals surface area contributed by atoms with Crippen LogP contribution in [0, 0.1) is 6.92 Å². The smallest absolute Gasteiger partial charge is 0.293 e. The third-order valence-electron chi connectivity index (χ3n) is 6.29. The van der Waals surface area contributed by atoms with Crippen molar-refractivity contribution in [2.24, 2.45) is 0 Å². The summed E-state index contributed by atoms with van der Waals surface area (Å²) < 4.78 is 12.3. The second-order valence-corrected chi connectivity index (χ2v) is 11.2. The lowest BCUT2D eigenvalue weighted by Gasteiger charge is -2.40. The number of amides is 2. The lowest BCUT2D eigenvalue weighted by Crippen LogP contribution is -2.48. The highest BCUT2D eigenvalue weighted by Gasteiger charge is 2.35. The van der Waals surface area contributed by atoms with E-state index in [0.717, 1.165) is 42.6 Å². The number of rotatable bonds is 7. The summed E-state index contributed by atoms with van der Waals surface area (Å²) in [5.74, 6) is 0.685. The first-order chi connectivity index (χ1) is 17.5. The molecule has 0 N–H and O–H groups in total. The van der Waals surface area contributed by atoms with Crippen LogP contribution in [0.25, 0.3) is 6.08 Å². The Hall–Kier alpha value is -3.24. The molecule has 2 aromatic rings. The van der Waals surface area contributed by atoms with Gasteiger partial charge in [-0.15, -0.1) is 0 Å². The number of hydrogen-bond acceptors (Lipinski definition) is 9. The van der Waals surface area contributed by atoms with Crippen molar-refractivity contribution in [1.29, 1.82) is 0 Å². The number of benzene rings is 1. The Morgan fingerprint density at radius 1 is 1.16 bits per heavy atom. The van der Waals surface area contributed by atoms with E-state index in [4.69, 9.17) is 9.47 Å². The second-order valence-electron chi connectivity index (χ2n) is 10.2. The number of aromatic nitrogens is 2. The second kappa shape index (κ2) is 11.0. The van der Waals surface area contributed by atoms with Crippen LogP contribution in [0.2, 0.25) is 0 Å². The summed E-state index contributed by atoms with van der Waals surface area (Å²) in [5.41, 5.74) is 1.53. The molecule has 4 rings (SSSR count). The Morgan fingerprint density at radius 2 is 1.86 bits per heavy atom. The van der Waals surface area contributed by atoms with Crippen LogP contribution in [-0.2, 0) is 9.59 Å². The van der Waals surface area contributed by atoms with Gasteiger partial charge in [0.2, 0.25) is 11.8 Å². The summed E-state index contributed by atoms with van der Waals surface area (Å²) in [4.78, 5) is 48.3. The fraction of sp³-hybridized carbons (Fsp3) is 0.444. The maximum absolute atomic E-state index is 12.5. The van der Waals surface area contributed by atoms with Crippen LogP contribution in [0.3, 0.4) is 0 Å². The lowest BCUT2D eigenvalue weighted by molar-refractivity contribution is -0.127. The number of carbonyl (C=O) groups is 3. The first kappa shape index (κ1) is 26.8. The molecule has 37 heavy (non-hydrogen) atoms. The molecule has 1 aromatic heterocycles. The average Bonchev–Trinajstić information content (AvgIpc) is 3.08. The molecule has 10 heteroatoms. The van der Waals surface area contributed by atoms with Crippen LogP contribution in [0.1, 0.15) is 51.7 Å². The van der Waals surface area contributed by atoms with E-state index in [1.165, 1.54) is 13.3 Å². The third-order valence-corrected chi connectivity index (χ3v) is 7.19. The SMILES string of the molecule is CC(=O)CN1C(=O)SC(=Cc2cccc(Oc3ncnc(OC4CCN(C(C)(C)C)CC4)c3C)c2)C1=O. The maximum atomic E-state index is 12.5. The van der Waals surface area contributed by atoms with Crippen molar-refractivity contribution >= 4 is 34.8 Å². The first-order valence-electron chi connectivity index (χ1n) is 12.3. The van der Waals surface area contributed by atoms with Crippen LogP contribution < -0.4 is 9.47 Å². The highest BCUT2D eigenvalue weighted by Crippen LogP contribution is 2.34. The van der Waals surface area contributed by atoms with Crippen LogP contribution in [0.4, 0.5) is 4.79 Å². The molecule has 2 aliphatic heterocycles. The van der Waals surface area contributed by atoms with Gasteiger partial charge in [0, 0.05) is 18.6 Å². The number of hydrogen-bond donors (Lipinski definition) is 0. The van der Waals surface area contributed by atoms with E-state index in [1.54, 1.807) is 30.3 Å². The van der Waals surface area contributed by atoms with Crippen molar-refractivity contribution in [1.82, 2.24) is 19.8 Å². The number of imide groups is 1. The zero-order valence-electron chi connectivity index (χ0n) is 21.8. The number of likely N-dealkylation sites (tertiary alicyclic amines) is 1. The largest absolute Gasteiger partial charge is 0.474 e. The summed E-state index contributed by atoms with van der Waals surface area (Å²) in [6, 6.07) is 7.13. The Kier molecular flexibility index (Phi) is 7.99. The van der Waals surface area contributed by atoms with Crippen LogP contribution in [0.15, 0.2) is 35.5 Å². The summed E-state index contributed by atoms with van der Waals surface area (Å²) in [6.45, 7) is 11.6. The van der Waals surface area contributed by atoms with E-state index in [0.29, 0.717) is 28.6 Å². The van der Waals surface area contributed by atoms with Crippen molar-refractivity contribution in [3.63, 3.8) is 0 Å². The molecular weight excluding hydrogens is 492 g/mol. The summed E-state index contributed by atoms with van der Waals surface area (Å²) in [7, 11) is 0. The monoisotopic (exact) mass is 524 g/mol. The lowest BCUT2D eigenvalue weighted by atomic mass is 9.99. The molecule has 0 radical (unpaired) electrons. The fourth-order valence-electron chi connectivity index (χ4n) is 4.23. The average molecular weight is 525 g/mol. The number of thioether (sulfide) groups is 1. The molecule has 0 spiro atoms. The number of ketones is 1. The van der Waals surface area contributed by atoms with Gasteiger partial charge in [0.25, 0.3) is 11.1 Å². The van der Waals surface area contributed by atoms with Crippen molar-refractivity contribution in [2.45, 2.75) is 59.1 Å². The molecule has 196 valence electrons. The zero-order chi connectivity index (χ0) is 26.7. The Morgan fingerprint density at radius 3 is 2.54 bits per heavy atom. The fourth-order valence-corrected chi connectivity index (χ4v) is 5.07. The predicted octanol–water partition coefficient (Wildman–Crippen LogP) is 4.84. The predicted molar refractivity (Wildman–Crippen MR) is 142 cm³/mol. The van der Waals surface area contributed by atoms with Gasteiger partial charge in [0.1, 0.15) is 24.0 Å². The topological polar surface area (TPSA) is 102 Å². The molecule has 0 unspecified atom stereocenters. The highest BCUT2D eigenvalue weighted by atomic mass is 32.2. The van der Waals surface area contributed by atoms with Crippen molar-refractivity contribution in [3.05, 3.63) is 46.6 Å². The van der Waals surface area contributed by atoms with Crippen LogP contribution >= 0.6 is 11.8 Å². The van der Waals surface area contributed by atoms with Crippen molar-refractivity contribution in [3.8, 4) is 17.5 Å². The molecule has 0 aliphatic carbocycles. The molecule has 2 saturated heterocycles. The summed E-state index contributed by atoms with van der Waals surface area (Å²) in [5, 5.41) is -0.452. The van der Waals surface area contributed by atoms with Crippen molar-refractivity contribution in [2.75, 3.05) is 19.6 Å². The zero-order valence-corrected chi connectivity index (χ0v) is 22.6. The molecule has 1 aromatic carbocycles. The van der Waals surface area contributed by atoms with Gasteiger partial charge >= 0.3 is 0 Å². The standard InChI is InChI=1S/C27H32N4O5S/c1-17(32)15-31-25(33)22(37-26(31)34)14-19-7-6-8-21(13-19)36-24-18(2)23(28-16-29-24)35-20-9-11-30(12-10-20)27(3,4)5/h6-8,13-14,16,20H,9-12,15H2,1-5H3. The Bertz CT molecular complexity index is 1230. The van der Waals surface area contributed by atoms with Gasteiger partial charge < -0.3 is 9.47 Å². The van der Waals surface area contributed by atoms with E-state index < -0.39 is 11.1 Å². The van der Waals surface area contributed by atoms with Gasteiger partial charge in [-0.05, 0) is 83.0 Å². The number of carbonyl (C=O) groups excluding carboxylic acids is 3. The Balaban J connectivity index is 1.44. The number of nitrogens with zero attached hydrogens (tertiary/aromatic N) is 4. The number of Topliss-reactive ketones (excluding diaryl/α,β-unsaturated/α-hetero) is 1. The van der Waals surface area contributed by atoms with E-state index in [-0.39, 0.29) is 28.9 Å². The maximum Gasteiger partial charge on any atom is 0.293 e. The Labute approximate surface area is 221 Å². The van der Waals surface area contributed by atoms with E-state index in [1.807, 2.05) is 6.92 Å². The minimum absolute atomic E-state index is 0.0849. The highest BCUT2D eigenvalue weighted by molar-refractivity contribution is 8.18. The summed E-state index contributed by atoms with van der Waals surface area (Å²) >= 11 is 0.816. The molecule has 2 aliphatic rings. The van der Waals surface area contributed by atoms with Gasteiger partial charge in [0.15, 0.2) is 0 Å². The molecule has 2 fully saturated rings. The van der Waals surface area contributed by atoms with Gasteiger partial charge in [0.05, 0.1) is 17.0 Å². The molecule has 0 saturated carbocycles. The van der Waals surface area contributed by atoms with Gasteiger partial charge in [-0.25, -0.2) is 9.97 Å². The van der Waals surface area contributed by atoms with Crippen molar-refractivity contribution < 1.29 is 23.9 Å². The van der Waals surface area contributed by atoms with Gasteiger partial charge in [-0.3, -0.25) is 24.2 Å². The molecule has 9 nitrogen and oxygen atoms in total. The molecule has 0 atom stereocenters. The number of ether oxygens (including phenoxy) is 2. The molecule has 0 bridgehead atoms. The molecule has 2 amide bonds.